The predicted molar refractivity (Wildman–Crippen MR) is 110 cm³/mol. The lowest BCUT2D eigenvalue weighted by Gasteiger charge is -2.31. The van der Waals surface area contributed by atoms with Gasteiger partial charge in [0.15, 0.2) is 0 Å². The number of methoxy groups -OCH3 is 2. The van der Waals surface area contributed by atoms with E-state index in [4.69, 9.17) is 9.47 Å². The molecule has 0 aliphatic heterocycles. The van der Waals surface area contributed by atoms with Crippen LogP contribution < -0.4 is 13.8 Å². The van der Waals surface area contributed by atoms with Gasteiger partial charge < -0.3 is 9.47 Å². The van der Waals surface area contributed by atoms with E-state index < -0.39 is 21.9 Å². The second kappa shape index (κ2) is 8.53. The maximum absolute atomic E-state index is 14.5. The molecular formula is C22H22FNO4S. The molecular weight excluding hydrogens is 393 g/mol. The van der Waals surface area contributed by atoms with Crippen molar-refractivity contribution in [3.05, 3.63) is 84.2 Å². The van der Waals surface area contributed by atoms with Crippen molar-refractivity contribution in [2.24, 2.45) is 0 Å². The van der Waals surface area contributed by atoms with Gasteiger partial charge in [0.1, 0.15) is 17.3 Å². The van der Waals surface area contributed by atoms with E-state index in [0.717, 1.165) is 0 Å². The van der Waals surface area contributed by atoms with Crippen molar-refractivity contribution < 1.29 is 22.3 Å². The molecule has 0 spiro atoms. The summed E-state index contributed by atoms with van der Waals surface area (Å²) < 4.78 is 53.1. The lowest BCUT2D eigenvalue weighted by molar-refractivity contribution is 0.414. The summed E-state index contributed by atoms with van der Waals surface area (Å²) >= 11 is 0. The first-order valence-corrected chi connectivity index (χ1v) is 10.4. The van der Waals surface area contributed by atoms with E-state index >= 15 is 0 Å². The van der Waals surface area contributed by atoms with Gasteiger partial charge in [0.25, 0.3) is 10.0 Å². The van der Waals surface area contributed by atoms with Gasteiger partial charge in [0.2, 0.25) is 0 Å². The van der Waals surface area contributed by atoms with Crippen LogP contribution in [0.15, 0.2) is 77.7 Å². The van der Waals surface area contributed by atoms with E-state index in [0.29, 0.717) is 17.2 Å². The Bertz CT molecular complexity index is 1070. The smallest absolute Gasteiger partial charge is 0.264 e. The zero-order chi connectivity index (χ0) is 21.0. The summed E-state index contributed by atoms with van der Waals surface area (Å²) in [6.07, 6.45) is 0. The predicted octanol–water partition coefficient (Wildman–Crippen LogP) is 4.80. The fraction of sp³-hybridized carbons (Fsp3) is 0.182. The maximum atomic E-state index is 14.5. The maximum Gasteiger partial charge on any atom is 0.264 e. The number of sulfonamides is 1. The summed E-state index contributed by atoms with van der Waals surface area (Å²) in [4.78, 5) is 0.0808. The first-order chi connectivity index (χ1) is 13.9. The van der Waals surface area contributed by atoms with Gasteiger partial charge in [-0.2, -0.15) is 0 Å². The molecule has 0 saturated heterocycles. The molecule has 0 fully saturated rings. The average Bonchev–Trinajstić information content (AvgIpc) is 2.74. The van der Waals surface area contributed by atoms with Crippen molar-refractivity contribution in [3.8, 4) is 11.5 Å². The molecule has 3 aromatic rings. The van der Waals surface area contributed by atoms with Crippen molar-refractivity contribution in [2.45, 2.75) is 17.9 Å². The summed E-state index contributed by atoms with van der Waals surface area (Å²) in [5, 5.41) is 0. The minimum Gasteiger partial charge on any atom is -0.497 e. The van der Waals surface area contributed by atoms with Gasteiger partial charge >= 0.3 is 0 Å². The SMILES string of the molecule is COc1ccc(N(C(C)c2ccccc2F)S(=O)(=O)c2ccc(OC)cc2)cc1. The molecule has 0 N–H and O–H groups in total. The summed E-state index contributed by atoms with van der Waals surface area (Å²) in [6.45, 7) is 1.66. The third-order valence-corrected chi connectivity index (χ3v) is 6.56. The Balaban J connectivity index is 2.14. The Morgan fingerprint density at radius 1 is 0.828 bits per heavy atom. The highest BCUT2D eigenvalue weighted by Gasteiger charge is 2.31. The van der Waals surface area contributed by atoms with E-state index in [1.54, 1.807) is 61.5 Å². The van der Waals surface area contributed by atoms with Gasteiger partial charge in [-0.25, -0.2) is 12.8 Å². The van der Waals surface area contributed by atoms with Gasteiger partial charge in [0.05, 0.1) is 30.8 Å². The minimum absolute atomic E-state index is 0.0808. The zero-order valence-corrected chi connectivity index (χ0v) is 17.2. The zero-order valence-electron chi connectivity index (χ0n) is 16.4. The van der Waals surface area contributed by atoms with Crippen LogP contribution in [0.1, 0.15) is 18.5 Å². The summed E-state index contributed by atoms with van der Waals surface area (Å²) in [5.41, 5.74) is 0.678. The standard InChI is InChI=1S/C22H22FNO4S/c1-16(21-6-4-5-7-22(21)23)24(17-8-10-18(27-2)11-9-17)29(25,26)20-14-12-19(28-3)13-15-20/h4-16H,1-3H3. The Labute approximate surface area is 170 Å². The molecule has 7 heteroatoms. The molecule has 29 heavy (non-hydrogen) atoms. The number of rotatable bonds is 7. The number of hydrogen-bond donors (Lipinski definition) is 0. The number of halogens is 1. The first-order valence-electron chi connectivity index (χ1n) is 8.95. The molecule has 0 heterocycles. The van der Waals surface area contributed by atoms with Gasteiger partial charge in [0, 0.05) is 5.56 Å². The number of benzene rings is 3. The molecule has 0 bridgehead atoms. The lowest BCUT2D eigenvalue weighted by atomic mass is 10.1. The van der Waals surface area contributed by atoms with E-state index in [9.17, 15) is 12.8 Å². The monoisotopic (exact) mass is 415 g/mol. The highest BCUT2D eigenvalue weighted by molar-refractivity contribution is 7.92. The second-order valence-electron chi connectivity index (χ2n) is 6.37. The number of anilines is 1. The molecule has 5 nitrogen and oxygen atoms in total. The summed E-state index contributed by atoms with van der Waals surface area (Å²) in [7, 11) is -0.955. The number of nitrogens with zero attached hydrogens (tertiary/aromatic N) is 1. The van der Waals surface area contributed by atoms with Crippen LogP contribution in [0.2, 0.25) is 0 Å². The Kier molecular flexibility index (Phi) is 6.08. The van der Waals surface area contributed by atoms with E-state index in [-0.39, 0.29) is 10.5 Å². The van der Waals surface area contributed by atoms with Gasteiger partial charge in [-0.05, 0) is 61.5 Å². The third-order valence-electron chi connectivity index (χ3n) is 4.65. The van der Waals surface area contributed by atoms with Crippen LogP contribution in [-0.2, 0) is 10.0 Å². The molecule has 0 amide bonds. The largest absolute Gasteiger partial charge is 0.497 e. The topological polar surface area (TPSA) is 55.8 Å². The van der Waals surface area contributed by atoms with Crippen LogP contribution in [0.25, 0.3) is 0 Å². The molecule has 0 radical (unpaired) electrons. The van der Waals surface area contributed by atoms with Crippen molar-refractivity contribution in [1.29, 1.82) is 0 Å². The quantitative estimate of drug-likeness (QED) is 0.556. The van der Waals surface area contributed by atoms with Gasteiger partial charge in [-0.1, -0.05) is 18.2 Å². The van der Waals surface area contributed by atoms with Crippen LogP contribution in [-0.4, -0.2) is 22.6 Å². The van der Waals surface area contributed by atoms with Crippen LogP contribution in [0, 0.1) is 5.82 Å². The molecule has 3 rings (SSSR count). The summed E-state index contributed by atoms with van der Waals surface area (Å²) in [6, 6.07) is 18.1. The van der Waals surface area contributed by atoms with Crippen molar-refractivity contribution in [1.82, 2.24) is 0 Å². The molecule has 0 aliphatic carbocycles. The number of ether oxygens (including phenoxy) is 2. The molecule has 152 valence electrons. The van der Waals surface area contributed by atoms with E-state index in [1.165, 1.54) is 36.7 Å². The highest BCUT2D eigenvalue weighted by atomic mass is 32.2. The molecule has 0 saturated carbocycles. The number of hydrogen-bond acceptors (Lipinski definition) is 4. The Morgan fingerprint density at radius 3 is 1.86 bits per heavy atom. The van der Waals surface area contributed by atoms with Crippen molar-refractivity contribution in [3.63, 3.8) is 0 Å². The van der Waals surface area contributed by atoms with Crippen molar-refractivity contribution >= 4 is 15.7 Å². The van der Waals surface area contributed by atoms with Crippen LogP contribution in [0.5, 0.6) is 11.5 Å². The van der Waals surface area contributed by atoms with Crippen molar-refractivity contribution in [2.75, 3.05) is 18.5 Å². The van der Waals surface area contributed by atoms with Crippen LogP contribution in [0.4, 0.5) is 10.1 Å². The lowest BCUT2D eigenvalue weighted by Crippen LogP contribution is -2.34. The van der Waals surface area contributed by atoms with Gasteiger partial charge in [-0.15, -0.1) is 0 Å². The third kappa shape index (κ3) is 4.19. The molecule has 0 aliphatic rings. The Hall–Kier alpha value is -3.06. The Morgan fingerprint density at radius 2 is 1.34 bits per heavy atom. The second-order valence-corrected chi connectivity index (χ2v) is 8.19. The normalized spacial score (nSPS) is 12.3. The highest BCUT2D eigenvalue weighted by Crippen LogP contribution is 2.35. The fourth-order valence-electron chi connectivity index (χ4n) is 3.10. The van der Waals surface area contributed by atoms with Gasteiger partial charge in [-0.3, -0.25) is 4.31 Å². The van der Waals surface area contributed by atoms with E-state index in [1.807, 2.05) is 0 Å². The molecule has 1 atom stereocenters. The average molecular weight is 415 g/mol. The fourth-order valence-corrected chi connectivity index (χ4v) is 4.74. The first kappa shape index (κ1) is 20.7. The van der Waals surface area contributed by atoms with E-state index in [2.05, 4.69) is 0 Å². The van der Waals surface area contributed by atoms with Crippen LogP contribution >= 0.6 is 0 Å². The summed E-state index contributed by atoms with van der Waals surface area (Å²) in [5.74, 6) is 0.666. The molecule has 1 unspecified atom stereocenters. The van der Waals surface area contributed by atoms with Crippen LogP contribution in [0.3, 0.4) is 0 Å². The molecule has 3 aromatic carbocycles. The minimum atomic E-state index is -3.99. The molecule has 0 aromatic heterocycles.